The quantitative estimate of drug-likeness (QED) is 0.0732. The van der Waals surface area contributed by atoms with E-state index in [1.807, 2.05) is 41.8 Å². The predicted octanol–water partition coefficient (Wildman–Crippen LogP) is 10.0. The predicted molar refractivity (Wildman–Crippen MR) is 224 cm³/mol. The van der Waals surface area contributed by atoms with Crippen LogP contribution in [0.3, 0.4) is 0 Å². The second-order valence-electron chi connectivity index (χ2n) is 11.9. The summed E-state index contributed by atoms with van der Waals surface area (Å²) >= 11 is 15.1. The van der Waals surface area contributed by atoms with Gasteiger partial charge in [-0.1, -0.05) is 77.8 Å². The Morgan fingerprint density at radius 2 is 1.46 bits per heavy atom. The Bertz CT molecular complexity index is 2390. The molecule has 5 aromatic carbocycles. The van der Waals surface area contributed by atoms with Gasteiger partial charge in [0.2, 0.25) is 5.91 Å². The van der Waals surface area contributed by atoms with Crippen LogP contribution in [0.1, 0.15) is 26.7 Å². The summed E-state index contributed by atoms with van der Waals surface area (Å²) in [7, 11) is 4.48. The van der Waals surface area contributed by atoms with Crippen molar-refractivity contribution in [1.29, 1.82) is 0 Å². The summed E-state index contributed by atoms with van der Waals surface area (Å²) in [6, 6.07) is 33.4. The van der Waals surface area contributed by atoms with Crippen LogP contribution >= 0.6 is 46.3 Å². The number of carbonyl (C=O) groups excluding carboxylic acids is 3. The molecule has 1 aromatic heterocycles. The van der Waals surface area contributed by atoms with Gasteiger partial charge in [0.1, 0.15) is 16.7 Å². The van der Waals surface area contributed by atoms with Crippen LogP contribution in [-0.2, 0) is 9.59 Å². The van der Waals surface area contributed by atoms with E-state index in [4.69, 9.17) is 37.4 Å². The number of nitrogens with one attached hydrogen (secondary N) is 3. The SMILES string of the molecule is COc1cc(OC)c(OC)cc1/C=C(/NC(=O)c1ccccc1)C(=O)Nc1cccc(SC(C(=O)Nc2nc(-c3ccc(Cl)cc3Cl)cs2)c2ccccc2)c1. The molecule has 0 fully saturated rings. The molecule has 1 heterocycles. The first-order valence-electron chi connectivity index (χ1n) is 16.9. The van der Waals surface area contributed by atoms with E-state index < -0.39 is 17.1 Å². The average Bonchev–Trinajstić information content (AvgIpc) is 3.67. The molecule has 6 aromatic rings. The van der Waals surface area contributed by atoms with Gasteiger partial charge < -0.3 is 30.2 Å². The van der Waals surface area contributed by atoms with Crippen molar-refractivity contribution in [3.8, 4) is 28.5 Å². The molecule has 1 unspecified atom stereocenters. The van der Waals surface area contributed by atoms with Crippen molar-refractivity contribution in [1.82, 2.24) is 10.3 Å². The van der Waals surface area contributed by atoms with Gasteiger partial charge in [0.05, 0.1) is 32.0 Å². The van der Waals surface area contributed by atoms with Crippen molar-refractivity contribution in [3.05, 3.63) is 153 Å². The highest BCUT2D eigenvalue weighted by Crippen LogP contribution is 2.39. The maximum absolute atomic E-state index is 14.0. The van der Waals surface area contributed by atoms with E-state index in [1.165, 1.54) is 50.5 Å². The number of anilines is 2. The lowest BCUT2D eigenvalue weighted by Gasteiger charge is -2.17. The number of amides is 3. The largest absolute Gasteiger partial charge is 0.496 e. The molecule has 14 heteroatoms. The fourth-order valence-electron chi connectivity index (χ4n) is 5.47. The molecular formula is C42H34Cl2N4O6S2. The number of carbonyl (C=O) groups is 3. The van der Waals surface area contributed by atoms with Crippen LogP contribution in [0.15, 0.2) is 131 Å². The van der Waals surface area contributed by atoms with Gasteiger partial charge in [-0.3, -0.25) is 14.4 Å². The van der Waals surface area contributed by atoms with Gasteiger partial charge in [-0.25, -0.2) is 4.98 Å². The lowest BCUT2D eigenvalue weighted by molar-refractivity contribution is -0.116. The fraction of sp³-hybridized carbons (Fsp3) is 0.0952. The molecule has 0 radical (unpaired) electrons. The van der Waals surface area contributed by atoms with Crippen molar-refractivity contribution < 1.29 is 28.6 Å². The number of halogens is 2. The summed E-state index contributed by atoms with van der Waals surface area (Å²) < 4.78 is 16.5. The maximum Gasteiger partial charge on any atom is 0.272 e. The lowest BCUT2D eigenvalue weighted by atomic mass is 10.1. The Hall–Kier alpha value is -5.79. The maximum atomic E-state index is 14.0. The number of hydrogen-bond donors (Lipinski definition) is 3. The number of aromatic nitrogens is 1. The monoisotopic (exact) mass is 824 g/mol. The summed E-state index contributed by atoms with van der Waals surface area (Å²) in [5.41, 5.74) is 3.24. The molecule has 6 rings (SSSR count). The first kappa shape index (κ1) is 39.9. The van der Waals surface area contributed by atoms with Gasteiger partial charge in [0.15, 0.2) is 16.6 Å². The smallest absolute Gasteiger partial charge is 0.272 e. The molecule has 10 nitrogen and oxygen atoms in total. The van der Waals surface area contributed by atoms with Crippen LogP contribution in [0, 0.1) is 0 Å². The highest BCUT2D eigenvalue weighted by molar-refractivity contribution is 8.00. The number of nitrogens with zero attached hydrogens (tertiary/aromatic N) is 1. The van der Waals surface area contributed by atoms with Crippen molar-refractivity contribution in [3.63, 3.8) is 0 Å². The first-order valence-corrected chi connectivity index (χ1v) is 19.4. The normalized spacial score (nSPS) is 11.6. The molecular weight excluding hydrogens is 792 g/mol. The van der Waals surface area contributed by atoms with Gasteiger partial charge in [0.25, 0.3) is 11.8 Å². The number of thioether (sulfide) groups is 1. The van der Waals surface area contributed by atoms with Crippen molar-refractivity contribution >= 4 is 80.9 Å². The van der Waals surface area contributed by atoms with Gasteiger partial charge in [-0.2, -0.15) is 0 Å². The van der Waals surface area contributed by atoms with Crippen LogP contribution in [0.2, 0.25) is 10.0 Å². The van der Waals surface area contributed by atoms with E-state index in [0.717, 1.165) is 5.56 Å². The van der Waals surface area contributed by atoms with Crippen molar-refractivity contribution in [2.45, 2.75) is 10.1 Å². The zero-order valence-electron chi connectivity index (χ0n) is 30.2. The fourth-order valence-corrected chi connectivity index (χ4v) is 7.77. The Kier molecular flexibility index (Phi) is 13.3. The molecule has 284 valence electrons. The van der Waals surface area contributed by atoms with E-state index in [9.17, 15) is 14.4 Å². The molecule has 0 spiro atoms. The van der Waals surface area contributed by atoms with E-state index >= 15 is 0 Å². The lowest BCUT2D eigenvalue weighted by Crippen LogP contribution is -2.30. The summed E-state index contributed by atoms with van der Waals surface area (Å²) in [6.07, 6.45) is 1.50. The average molecular weight is 826 g/mol. The van der Waals surface area contributed by atoms with Crippen LogP contribution in [0.5, 0.6) is 17.2 Å². The molecule has 3 N–H and O–H groups in total. The highest BCUT2D eigenvalue weighted by atomic mass is 35.5. The van der Waals surface area contributed by atoms with Gasteiger partial charge >= 0.3 is 0 Å². The Labute approximate surface area is 341 Å². The zero-order valence-corrected chi connectivity index (χ0v) is 33.3. The third-order valence-electron chi connectivity index (χ3n) is 8.19. The van der Waals surface area contributed by atoms with Crippen molar-refractivity contribution in [2.75, 3.05) is 32.0 Å². The molecule has 1 atom stereocenters. The number of ether oxygens (including phenoxy) is 3. The number of thiazole rings is 1. The minimum atomic E-state index is -0.688. The molecule has 0 aliphatic carbocycles. The zero-order chi connectivity index (χ0) is 39.6. The first-order chi connectivity index (χ1) is 27.1. The van der Waals surface area contributed by atoms with Crippen LogP contribution in [-0.4, -0.2) is 44.0 Å². The summed E-state index contributed by atoms with van der Waals surface area (Å²) in [5, 5.41) is 11.1. The van der Waals surface area contributed by atoms with Crippen LogP contribution < -0.4 is 30.2 Å². The van der Waals surface area contributed by atoms with E-state index in [0.29, 0.717) is 65.4 Å². The van der Waals surface area contributed by atoms with E-state index in [-0.39, 0.29) is 11.6 Å². The van der Waals surface area contributed by atoms with E-state index in [2.05, 4.69) is 20.9 Å². The summed E-state index contributed by atoms with van der Waals surface area (Å²) in [5.74, 6) is -0.180. The van der Waals surface area contributed by atoms with Gasteiger partial charge in [-0.05, 0) is 66.2 Å². The Morgan fingerprint density at radius 1 is 0.768 bits per heavy atom. The van der Waals surface area contributed by atoms with Gasteiger partial charge in [0, 0.05) is 43.7 Å². The molecule has 3 amide bonds. The molecule has 0 aliphatic heterocycles. The Balaban J connectivity index is 1.26. The summed E-state index contributed by atoms with van der Waals surface area (Å²) in [4.78, 5) is 46.5. The summed E-state index contributed by atoms with van der Waals surface area (Å²) in [6.45, 7) is 0. The van der Waals surface area contributed by atoms with Crippen molar-refractivity contribution in [2.24, 2.45) is 0 Å². The van der Waals surface area contributed by atoms with E-state index in [1.54, 1.807) is 78.9 Å². The number of methoxy groups -OCH3 is 3. The van der Waals surface area contributed by atoms with Crippen LogP contribution in [0.25, 0.3) is 17.3 Å². The van der Waals surface area contributed by atoms with Gasteiger partial charge in [-0.15, -0.1) is 23.1 Å². The minimum Gasteiger partial charge on any atom is -0.496 e. The molecule has 0 aliphatic rings. The standard InChI is InChI=1S/C42H34Cl2N4O6S2/c1-52-35-23-37(54-3)36(53-2)20-27(35)19-33(46-39(49)26-13-8-5-9-14-26)40(50)45-29-15-10-16-30(22-29)56-38(25-11-6-4-7-12-25)41(51)48-42-47-34(24-55-42)31-18-17-28(43)21-32(31)44/h4-24,38H,1-3H3,(H,45,50)(H,46,49)(H,47,48,51)/b33-19+. The third-order valence-corrected chi connectivity index (χ3v) is 10.7. The second-order valence-corrected chi connectivity index (χ2v) is 14.7. The number of benzene rings is 5. The number of hydrogen-bond acceptors (Lipinski definition) is 9. The number of rotatable bonds is 14. The Morgan fingerprint density at radius 3 is 2.16 bits per heavy atom. The topological polar surface area (TPSA) is 128 Å². The third kappa shape index (κ3) is 9.89. The molecule has 0 bridgehead atoms. The molecule has 0 saturated carbocycles. The molecule has 56 heavy (non-hydrogen) atoms. The minimum absolute atomic E-state index is 0.0633. The van der Waals surface area contributed by atoms with Crippen LogP contribution in [0.4, 0.5) is 10.8 Å². The highest BCUT2D eigenvalue weighted by Gasteiger charge is 2.24. The second kappa shape index (κ2) is 18.7. The molecule has 0 saturated heterocycles.